The fraction of sp³-hybridized carbons (Fsp3) is 0.688. The van der Waals surface area contributed by atoms with Crippen LogP contribution in [-0.2, 0) is 20.1 Å². The van der Waals surface area contributed by atoms with Crippen LogP contribution in [0.3, 0.4) is 0 Å². The molecule has 122 valence electrons. The molecule has 1 N–H and O–H groups in total. The molecule has 0 atom stereocenters. The molecule has 5 nitrogen and oxygen atoms in total. The molecule has 0 aliphatic carbocycles. The average molecular weight is 323 g/mol. The van der Waals surface area contributed by atoms with Crippen molar-refractivity contribution in [3.8, 4) is 5.75 Å². The Morgan fingerprint density at radius 3 is 2.41 bits per heavy atom. The fourth-order valence-electron chi connectivity index (χ4n) is 3.26. The zero-order valence-electron chi connectivity index (χ0n) is 13.3. The summed E-state index contributed by atoms with van der Waals surface area (Å²) in [5, 5.41) is 10.2. The van der Waals surface area contributed by atoms with E-state index in [1.165, 1.54) is 12.8 Å². The van der Waals surface area contributed by atoms with Gasteiger partial charge < -0.3 is 9.67 Å². The molecule has 2 aliphatic rings. The van der Waals surface area contributed by atoms with Gasteiger partial charge in [0.2, 0.25) is 5.43 Å². The molecule has 0 unspecified atom stereocenters. The maximum Gasteiger partial charge on any atom is 0.223 e. The van der Waals surface area contributed by atoms with E-state index in [1.807, 2.05) is 23.4 Å². The lowest BCUT2D eigenvalue weighted by molar-refractivity contribution is 0.280. The summed E-state index contributed by atoms with van der Waals surface area (Å²) in [7, 11) is 1.97. The van der Waals surface area contributed by atoms with Crippen LogP contribution in [0.2, 0.25) is 0 Å². The lowest BCUT2D eigenvalue weighted by Gasteiger charge is -2.28. The number of aromatic nitrogens is 1. The quantitative estimate of drug-likeness (QED) is 0.903. The molecule has 22 heavy (non-hydrogen) atoms. The second-order valence-electron chi connectivity index (χ2n) is 6.23. The van der Waals surface area contributed by atoms with Crippen LogP contribution in [-0.4, -0.2) is 57.2 Å². The molecule has 1 aromatic heterocycles. The third-order valence-corrected chi connectivity index (χ3v) is 5.64. The van der Waals surface area contributed by atoms with Crippen LogP contribution in [0.25, 0.3) is 0 Å². The minimum absolute atomic E-state index is 0.0765. The van der Waals surface area contributed by atoms with Gasteiger partial charge in [-0.3, -0.25) is 14.6 Å². The largest absolute Gasteiger partial charge is 0.503 e. The van der Waals surface area contributed by atoms with Crippen LogP contribution in [0, 0.1) is 0 Å². The molecular formula is C16H25N3O2S. The zero-order valence-corrected chi connectivity index (χ0v) is 14.1. The number of hydrogen-bond acceptors (Lipinski definition) is 5. The molecule has 2 fully saturated rings. The number of nitrogens with zero attached hydrogens (tertiary/aromatic N) is 3. The molecule has 0 radical (unpaired) electrons. The SMILES string of the molecule is Cn1c(CN2CCSCC2)cc(=O)c(O)c1CN1CCCC1. The van der Waals surface area contributed by atoms with Gasteiger partial charge in [-0.15, -0.1) is 0 Å². The Labute approximate surface area is 135 Å². The minimum Gasteiger partial charge on any atom is -0.503 e. The Morgan fingerprint density at radius 2 is 1.73 bits per heavy atom. The van der Waals surface area contributed by atoms with Crippen LogP contribution >= 0.6 is 11.8 Å². The van der Waals surface area contributed by atoms with E-state index >= 15 is 0 Å². The van der Waals surface area contributed by atoms with Gasteiger partial charge in [-0.25, -0.2) is 0 Å². The highest BCUT2D eigenvalue weighted by molar-refractivity contribution is 7.99. The Bertz CT molecular complexity index is 575. The number of thioether (sulfide) groups is 1. The molecule has 3 heterocycles. The van der Waals surface area contributed by atoms with Crippen LogP contribution in [0.15, 0.2) is 10.9 Å². The minimum atomic E-state index is -0.242. The fourth-order valence-corrected chi connectivity index (χ4v) is 4.24. The first-order valence-electron chi connectivity index (χ1n) is 8.08. The summed E-state index contributed by atoms with van der Waals surface area (Å²) in [6.45, 7) is 5.71. The summed E-state index contributed by atoms with van der Waals surface area (Å²) in [6.07, 6.45) is 2.42. The predicted molar refractivity (Wildman–Crippen MR) is 90.5 cm³/mol. The van der Waals surface area contributed by atoms with Crippen molar-refractivity contribution in [2.75, 3.05) is 37.7 Å². The van der Waals surface area contributed by atoms with Crippen LogP contribution in [0.4, 0.5) is 0 Å². The predicted octanol–water partition coefficient (Wildman–Crippen LogP) is 1.24. The molecule has 0 saturated carbocycles. The number of rotatable bonds is 4. The van der Waals surface area contributed by atoms with Crippen LogP contribution in [0.5, 0.6) is 5.75 Å². The number of hydrogen-bond donors (Lipinski definition) is 1. The van der Waals surface area contributed by atoms with E-state index in [9.17, 15) is 9.90 Å². The Balaban J connectivity index is 1.83. The molecule has 0 aromatic carbocycles. The lowest BCUT2D eigenvalue weighted by atomic mass is 10.2. The van der Waals surface area contributed by atoms with Crippen molar-refractivity contribution in [1.29, 1.82) is 0 Å². The van der Waals surface area contributed by atoms with E-state index in [-0.39, 0.29) is 11.2 Å². The van der Waals surface area contributed by atoms with Gasteiger partial charge in [0.05, 0.1) is 5.69 Å². The molecule has 0 bridgehead atoms. The third-order valence-electron chi connectivity index (χ3n) is 4.70. The van der Waals surface area contributed by atoms with Gasteiger partial charge in [0.1, 0.15) is 0 Å². The van der Waals surface area contributed by atoms with Gasteiger partial charge in [-0.1, -0.05) is 0 Å². The first-order chi connectivity index (χ1) is 10.6. The van der Waals surface area contributed by atoms with E-state index in [2.05, 4.69) is 9.80 Å². The van der Waals surface area contributed by atoms with Gasteiger partial charge in [0.15, 0.2) is 5.75 Å². The highest BCUT2D eigenvalue weighted by Crippen LogP contribution is 2.20. The number of aromatic hydroxyl groups is 1. The summed E-state index contributed by atoms with van der Waals surface area (Å²) < 4.78 is 2.02. The van der Waals surface area contributed by atoms with Crippen molar-refractivity contribution >= 4 is 11.8 Å². The highest BCUT2D eigenvalue weighted by Gasteiger charge is 2.20. The first kappa shape index (κ1) is 15.9. The van der Waals surface area contributed by atoms with Crippen molar-refractivity contribution in [2.45, 2.75) is 25.9 Å². The molecule has 3 rings (SSSR count). The number of likely N-dealkylation sites (tertiary alicyclic amines) is 1. The lowest BCUT2D eigenvalue weighted by Crippen LogP contribution is -2.34. The third kappa shape index (κ3) is 3.50. The van der Waals surface area contributed by atoms with E-state index in [0.717, 1.165) is 55.6 Å². The van der Waals surface area contributed by atoms with Gasteiger partial charge >= 0.3 is 0 Å². The van der Waals surface area contributed by atoms with E-state index < -0.39 is 0 Å². The van der Waals surface area contributed by atoms with Crippen molar-refractivity contribution in [2.24, 2.45) is 7.05 Å². The monoisotopic (exact) mass is 323 g/mol. The smallest absolute Gasteiger partial charge is 0.223 e. The number of pyridine rings is 1. The Morgan fingerprint density at radius 1 is 1.09 bits per heavy atom. The van der Waals surface area contributed by atoms with Crippen molar-refractivity contribution in [3.63, 3.8) is 0 Å². The highest BCUT2D eigenvalue weighted by atomic mass is 32.2. The zero-order chi connectivity index (χ0) is 15.5. The van der Waals surface area contributed by atoms with Gasteiger partial charge in [-0.05, 0) is 25.9 Å². The van der Waals surface area contributed by atoms with Crippen molar-refractivity contribution < 1.29 is 5.11 Å². The summed E-state index contributed by atoms with van der Waals surface area (Å²) in [4.78, 5) is 16.8. The molecule has 0 amide bonds. The van der Waals surface area contributed by atoms with E-state index in [0.29, 0.717) is 6.54 Å². The maximum absolute atomic E-state index is 12.1. The average Bonchev–Trinajstić information content (AvgIpc) is 3.03. The molecular weight excluding hydrogens is 298 g/mol. The molecule has 2 saturated heterocycles. The van der Waals surface area contributed by atoms with E-state index in [1.54, 1.807) is 6.07 Å². The first-order valence-corrected chi connectivity index (χ1v) is 9.24. The maximum atomic E-state index is 12.1. The summed E-state index contributed by atoms with van der Waals surface area (Å²) in [5.41, 5.74) is 1.52. The van der Waals surface area contributed by atoms with Gasteiger partial charge in [0.25, 0.3) is 0 Å². The molecule has 1 aromatic rings. The Hall–Kier alpha value is -0.980. The van der Waals surface area contributed by atoms with Gasteiger partial charge in [0, 0.05) is 56.5 Å². The standard InChI is InChI=1S/C16H25N3O2S/c1-17-13(11-19-6-8-22-9-7-19)10-15(20)16(21)14(17)12-18-4-2-3-5-18/h10,21H,2-9,11-12H2,1H3. The van der Waals surface area contributed by atoms with E-state index in [4.69, 9.17) is 0 Å². The van der Waals surface area contributed by atoms with Crippen LogP contribution < -0.4 is 5.43 Å². The second-order valence-corrected chi connectivity index (χ2v) is 7.45. The second kappa shape index (κ2) is 7.06. The van der Waals surface area contributed by atoms with Crippen molar-refractivity contribution in [3.05, 3.63) is 27.7 Å². The van der Waals surface area contributed by atoms with Gasteiger partial charge in [-0.2, -0.15) is 11.8 Å². The molecule has 0 spiro atoms. The summed E-state index contributed by atoms with van der Waals surface area (Å²) >= 11 is 1.99. The van der Waals surface area contributed by atoms with Crippen molar-refractivity contribution in [1.82, 2.24) is 14.4 Å². The molecule has 2 aliphatic heterocycles. The topological polar surface area (TPSA) is 48.7 Å². The normalized spacial score (nSPS) is 20.6. The summed E-state index contributed by atoms with van der Waals surface area (Å²) in [5.74, 6) is 2.24. The Kier molecular flexibility index (Phi) is 5.10. The molecule has 6 heteroatoms. The van der Waals surface area contributed by atoms with Crippen LogP contribution in [0.1, 0.15) is 24.2 Å². The summed E-state index contributed by atoms with van der Waals surface area (Å²) in [6, 6.07) is 1.60.